The molecule has 0 saturated heterocycles. The maximum atomic E-state index is 12.0. The maximum absolute atomic E-state index is 12.0. The minimum absolute atomic E-state index is 0.0959. The van der Waals surface area contributed by atoms with Gasteiger partial charge in [-0.1, -0.05) is 42.5 Å². The zero-order valence-corrected chi connectivity index (χ0v) is 13.4. The Labute approximate surface area is 139 Å². The molecule has 0 saturated carbocycles. The van der Waals surface area contributed by atoms with E-state index in [1.165, 1.54) is 16.9 Å². The van der Waals surface area contributed by atoms with Crippen molar-refractivity contribution in [2.24, 2.45) is 0 Å². The zero-order chi connectivity index (χ0) is 15.9. The van der Waals surface area contributed by atoms with E-state index in [4.69, 9.17) is 4.74 Å². The van der Waals surface area contributed by atoms with Gasteiger partial charge in [0.2, 0.25) is 0 Å². The van der Waals surface area contributed by atoms with E-state index in [1.54, 1.807) is 6.07 Å². The molecule has 1 aromatic heterocycles. The monoisotopic (exact) mass is 323 g/mol. The first-order chi connectivity index (χ1) is 11.3. The van der Waals surface area contributed by atoms with E-state index < -0.39 is 0 Å². The largest absolute Gasteiger partial charge is 0.493 e. The summed E-state index contributed by atoms with van der Waals surface area (Å²) in [5, 5.41) is 4.77. The molecule has 0 bridgehead atoms. The molecule has 2 aromatic carbocycles. The molecule has 0 aliphatic rings. The summed E-state index contributed by atoms with van der Waals surface area (Å²) in [5.41, 5.74) is 1.98. The number of carbonyl (C=O) groups excluding carboxylic acids is 1. The van der Waals surface area contributed by atoms with E-state index in [-0.39, 0.29) is 5.91 Å². The number of hydrogen-bond donors (Lipinski definition) is 1. The van der Waals surface area contributed by atoms with Gasteiger partial charge in [0.1, 0.15) is 5.75 Å². The number of ether oxygens (including phenoxy) is 1. The Bertz CT molecular complexity index is 754. The lowest BCUT2D eigenvalue weighted by atomic mass is 10.2. The van der Waals surface area contributed by atoms with Crippen LogP contribution in [-0.2, 0) is 6.42 Å². The summed E-state index contributed by atoms with van der Waals surface area (Å²) < 4.78 is 5.77. The van der Waals surface area contributed by atoms with Crippen molar-refractivity contribution in [1.29, 1.82) is 0 Å². The van der Waals surface area contributed by atoms with Crippen molar-refractivity contribution in [2.75, 3.05) is 11.9 Å². The van der Waals surface area contributed by atoms with Crippen molar-refractivity contribution in [3.63, 3.8) is 0 Å². The lowest BCUT2D eigenvalue weighted by molar-refractivity contribution is 0.103. The fraction of sp³-hybridized carbons (Fsp3) is 0.105. The third kappa shape index (κ3) is 4.44. The van der Waals surface area contributed by atoms with Gasteiger partial charge in [0, 0.05) is 18.2 Å². The van der Waals surface area contributed by atoms with Gasteiger partial charge in [-0.25, -0.2) is 0 Å². The van der Waals surface area contributed by atoms with Gasteiger partial charge in [0.15, 0.2) is 0 Å². The van der Waals surface area contributed by atoms with Crippen LogP contribution in [0.4, 0.5) is 5.69 Å². The Balaban J connectivity index is 1.56. The van der Waals surface area contributed by atoms with Crippen LogP contribution >= 0.6 is 11.3 Å². The standard InChI is InChI=1S/C19H17NO2S/c21-19(18-10-5-13-23-18)20-16-8-4-9-17(14-16)22-12-11-15-6-2-1-3-7-15/h1-10,13-14H,11-12H2,(H,20,21). The molecule has 3 rings (SSSR count). The molecule has 0 fully saturated rings. The second-order valence-corrected chi connectivity index (χ2v) is 5.99. The van der Waals surface area contributed by atoms with Crippen LogP contribution in [0.3, 0.4) is 0 Å². The fourth-order valence-electron chi connectivity index (χ4n) is 2.20. The topological polar surface area (TPSA) is 38.3 Å². The number of hydrogen-bond acceptors (Lipinski definition) is 3. The van der Waals surface area contributed by atoms with E-state index in [0.717, 1.165) is 17.9 Å². The number of benzene rings is 2. The van der Waals surface area contributed by atoms with E-state index >= 15 is 0 Å². The Morgan fingerprint density at radius 1 is 1.00 bits per heavy atom. The molecule has 1 heterocycles. The predicted octanol–water partition coefficient (Wildman–Crippen LogP) is 4.62. The minimum atomic E-state index is -0.0959. The zero-order valence-electron chi connectivity index (χ0n) is 12.6. The molecule has 0 unspecified atom stereocenters. The highest BCUT2D eigenvalue weighted by Crippen LogP contribution is 2.19. The van der Waals surface area contributed by atoms with Crippen LogP contribution in [0.25, 0.3) is 0 Å². The Hall–Kier alpha value is -2.59. The molecule has 0 aliphatic heterocycles. The molecule has 23 heavy (non-hydrogen) atoms. The Morgan fingerprint density at radius 3 is 2.65 bits per heavy atom. The van der Waals surface area contributed by atoms with Gasteiger partial charge < -0.3 is 10.1 Å². The molecule has 1 amide bonds. The average molecular weight is 323 g/mol. The van der Waals surface area contributed by atoms with E-state index in [2.05, 4.69) is 17.4 Å². The van der Waals surface area contributed by atoms with Gasteiger partial charge in [-0.2, -0.15) is 0 Å². The summed E-state index contributed by atoms with van der Waals surface area (Å²) in [6.45, 7) is 0.604. The number of amides is 1. The van der Waals surface area contributed by atoms with Crippen LogP contribution in [0.5, 0.6) is 5.75 Å². The molecule has 1 N–H and O–H groups in total. The normalized spacial score (nSPS) is 10.3. The summed E-state index contributed by atoms with van der Waals surface area (Å²) in [4.78, 5) is 12.7. The molecule has 4 heteroatoms. The Morgan fingerprint density at radius 2 is 1.87 bits per heavy atom. The van der Waals surface area contributed by atoms with E-state index in [9.17, 15) is 4.79 Å². The molecule has 0 radical (unpaired) electrons. The van der Waals surface area contributed by atoms with E-state index in [0.29, 0.717) is 11.5 Å². The third-order valence-corrected chi connectivity index (χ3v) is 4.21. The highest BCUT2D eigenvalue weighted by Gasteiger charge is 2.07. The smallest absolute Gasteiger partial charge is 0.265 e. The second-order valence-electron chi connectivity index (χ2n) is 5.04. The number of carbonyl (C=O) groups is 1. The Kier molecular flexibility index (Phi) is 5.06. The fourth-order valence-corrected chi connectivity index (χ4v) is 2.81. The van der Waals surface area contributed by atoms with Crippen LogP contribution < -0.4 is 10.1 Å². The van der Waals surface area contributed by atoms with Crippen LogP contribution in [-0.4, -0.2) is 12.5 Å². The van der Waals surface area contributed by atoms with Gasteiger partial charge in [0.25, 0.3) is 5.91 Å². The van der Waals surface area contributed by atoms with Crippen LogP contribution in [0, 0.1) is 0 Å². The van der Waals surface area contributed by atoms with Gasteiger partial charge in [-0.15, -0.1) is 11.3 Å². The lowest BCUT2D eigenvalue weighted by Gasteiger charge is -2.09. The number of rotatable bonds is 6. The molecule has 0 aliphatic carbocycles. The first-order valence-corrected chi connectivity index (χ1v) is 8.31. The SMILES string of the molecule is O=C(Nc1cccc(OCCc2ccccc2)c1)c1cccs1. The molecular formula is C19H17NO2S. The number of nitrogens with one attached hydrogen (secondary N) is 1. The summed E-state index contributed by atoms with van der Waals surface area (Å²) in [6.07, 6.45) is 0.854. The first kappa shape index (κ1) is 15.3. The summed E-state index contributed by atoms with van der Waals surface area (Å²) in [5.74, 6) is 0.659. The van der Waals surface area contributed by atoms with Crippen molar-refractivity contribution < 1.29 is 9.53 Å². The van der Waals surface area contributed by atoms with Gasteiger partial charge >= 0.3 is 0 Å². The molecule has 3 aromatic rings. The van der Waals surface area contributed by atoms with Crippen molar-refractivity contribution in [1.82, 2.24) is 0 Å². The lowest BCUT2D eigenvalue weighted by Crippen LogP contribution is -2.10. The van der Waals surface area contributed by atoms with Crippen molar-refractivity contribution in [3.8, 4) is 5.75 Å². The van der Waals surface area contributed by atoms with Crippen LogP contribution in [0.2, 0.25) is 0 Å². The van der Waals surface area contributed by atoms with Crippen LogP contribution in [0.1, 0.15) is 15.2 Å². The molecule has 3 nitrogen and oxygen atoms in total. The van der Waals surface area contributed by atoms with Gasteiger partial charge in [-0.05, 0) is 29.1 Å². The second kappa shape index (κ2) is 7.61. The molecule has 0 spiro atoms. The number of thiophene rings is 1. The average Bonchev–Trinajstić information content (AvgIpc) is 3.11. The molecular weight excluding hydrogens is 306 g/mol. The molecule has 116 valence electrons. The van der Waals surface area contributed by atoms with Crippen LogP contribution in [0.15, 0.2) is 72.1 Å². The maximum Gasteiger partial charge on any atom is 0.265 e. The third-order valence-electron chi connectivity index (χ3n) is 3.34. The first-order valence-electron chi connectivity index (χ1n) is 7.43. The highest BCUT2D eigenvalue weighted by atomic mass is 32.1. The van der Waals surface area contributed by atoms with Gasteiger partial charge in [-0.3, -0.25) is 4.79 Å². The van der Waals surface area contributed by atoms with Gasteiger partial charge in [0.05, 0.1) is 11.5 Å². The predicted molar refractivity (Wildman–Crippen MR) is 94.4 cm³/mol. The summed E-state index contributed by atoms with van der Waals surface area (Å²) >= 11 is 1.42. The van der Waals surface area contributed by atoms with E-state index in [1.807, 2.05) is 53.9 Å². The summed E-state index contributed by atoms with van der Waals surface area (Å²) in [7, 11) is 0. The van der Waals surface area contributed by atoms with Crippen molar-refractivity contribution in [3.05, 3.63) is 82.6 Å². The molecule has 0 atom stereocenters. The van der Waals surface area contributed by atoms with Crippen molar-refractivity contribution >= 4 is 22.9 Å². The number of anilines is 1. The minimum Gasteiger partial charge on any atom is -0.493 e. The summed E-state index contributed by atoms with van der Waals surface area (Å²) in [6, 6.07) is 21.4. The highest BCUT2D eigenvalue weighted by molar-refractivity contribution is 7.12. The quantitative estimate of drug-likeness (QED) is 0.718. The van der Waals surface area contributed by atoms with Crippen molar-refractivity contribution in [2.45, 2.75) is 6.42 Å².